The van der Waals surface area contributed by atoms with Crippen LogP contribution in [0, 0.1) is 0 Å². The Balaban J connectivity index is 2.23. The van der Waals surface area contributed by atoms with Gasteiger partial charge in [0.05, 0.1) is 0 Å². The van der Waals surface area contributed by atoms with Crippen molar-refractivity contribution in [1.29, 1.82) is 0 Å². The highest BCUT2D eigenvalue weighted by Gasteiger charge is 2.03. The van der Waals surface area contributed by atoms with E-state index in [0.717, 1.165) is 28.5 Å². The summed E-state index contributed by atoms with van der Waals surface area (Å²) in [6.45, 7) is 2.05. The molecule has 0 atom stereocenters. The molecular weight excluding hydrogens is 255 g/mol. The van der Waals surface area contributed by atoms with Crippen LogP contribution in [-0.2, 0) is 12.8 Å². The molecule has 17 heavy (non-hydrogen) atoms. The van der Waals surface area contributed by atoms with Crippen LogP contribution >= 0.6 is 23.2 Å². The molecule has 0 unspecified atom stereocenters. The summed E-state index contributed by atoms with van der Waals surface area (Å²) in [7, 11) is 0. The van der Waals surface area contributed by atoms with Gasteiger partial charge in [-0.2, -0.15) is 0 Å². The van der Waals surface area contributed by atoms with E-state index in [9.17, 15) is 0 Å². The highest BCUT2D eigenvalue weighted by molar-refractivity contribution is 6.30. The van der Waals surface area contributed by atoms with Gasteiger partial charge in [0.25, 0.3) is 0 Å². The van der Waals surface area contributed by atoms with Crippen LogP contribution in [0.2, 0.25) is 10.2 Å². The van der Waals surface area contributed by atoms with Gasteiger partial charge < -0.3 is 0 Å². The van der Waals surface area contributed by atoms with E-state index in [-0.39, 0.29) is 0 Å². The van der Waals surface area contributed by atoms with Gasteiger partial charge in [-0.05, 0) is 30.2 Å². The number of rotatable bonds is 3. The summed E-state index contributed by atoms with van der Waals surface area (Å²) in [6.07, 6.45) is 1.53. The second kappa shape index (κ2) is 5.48. The van der Waals surface area contributed by atoms with Crippen LogP contribution < -0.4 is 0 Å². The second-order valence-corrected chi connectivity index (χ2v) is 4.58. The maximum atomic E-state index is 5.95. The lowest BCUT2D eigenvalue weighted by Gasteiger charge is -2.04. The van der Waals surface area contributed by atoms with E-state index in [1.165, 1.54) is 0 Å². The fraction of sp³-hybridized carbons (Fsp3) is 0.231. The molecule has 0 saturated heterocycles. The average Bonchev–Trinajstić information content (AvgIpc) is 2.31. The molecule has 0 aliphatic heterocycles. The first kappa shape index (κ1) is 12.3. The first-order chi connectivity index (χ1) is 8.17. The highest BCUT2D eigenvalue weighted by Crippen LogP contribution is 2.14. The molecule has 1 heterocycles. The summed E-state index contributed by atoms with van der Waals surface area (Å²) in [4.78, 5) is 8.66. The Labute approximate surface area is 111 Å². The van der Waals surface area contributed by atoms with E-state index in [4.69, 9.17) is 23.2 Å². The third-order valence-electron chi connectivity index (χ3n) is 2.43. The van der Waals surface area contributed by atoms with E-state index in [1.807, 2.05) is 31.2 Å². The fourth-order valence-electron chi connectivity index (χ4n) is 1.56. The van der Waals surface area contributed by atoms with Gasteiger partial charge in [0.2, 0.25) is 0 Å². The Kier molecular flexibility index (Phi) is 3.97. The summed E-state index contributed by atoms with van der Waals surface area (Å²) in [5, 5.41) is 1.23. The highest BCUT2D eigenvalue weighted by atomic mass is 35.5. The summed E-state index contributed by atoms with van der Waals surface area (Å²) >= 11 is 11.8. The molecule has 0 amide bonds. The number of benzene rings is 1. The molecule has 1 aromatic heterocycles. The predicted octanol–water partition coefficient (Wildman–Crippen LogP) is 3.94. The molecule has 0 fully saturated rings. The van der Waals surface area contributed by atoms with Gasteiger partial charge in [0.15, 0.2) is 0 Å². The van der Waals surface area contributed by atoms with Crippen molar-refractivity contribution in [3.63, 3.8) is 0 Å². The third-order valence-corrected chi connectivity index (χ3v) is 2.88. The molecule has 2 aromatic rings. The maximum Gasteiger partial charge on any atom is 0.134 e. The van der Waals surface area contributed by atoms with Crippen molar-refractivity contribution < 1.29 is 0 Å². The second-order valence-electron chi connectivity index (χ2n) is 3.76. The van der Waals surface area contributed by atoms with Gasteiger partial charge in [0, 0.05) is 17.1 Å². The lowest BCUT2D eigenvalue weighted by atomic mass is 10.1. The Morgan fingerprint density at radius 1 is 1.06 bits per heavy atom. The largest absolute Gasteiger partial charge is 0.237 e. The fourth-order valence-corrected chi connectivity index (χ4v) is 1.91. The van der Waals surface area contributed by atoms with Crippen LogP contribution in [0.5, 0.6) is 0 Å². The molecule has 0 aliphatic carbocycles. The van der Waals surface area contributed by atoms with Gasteiger partial charge >= 0.3 is 0 Å². The van der Waals surface area contributed by atoms with Crippen LogP contribution in [0.1, 0.15) is 24.0 Å². The monoisotopic (exact) mass is 266 g/mol. The molecule has 0 N–H and O–H groups in total. The van der Waals surface area contributed by atoms with Gasteiger partial charge in [-0.15, -0.1) is 0 Å². The Morgan fingerprint density at radius 3 is 2.41 bits per heavy atom. The zero-order chi connectivity index (χ0) is 12.3. The molecule has 0 bridgehead atoms. The minimum absolute atomic E-state index is 0.501. The number of hydrogen-bond donors (Lipinski definition) is 0. The Morgan fingerprint density at radius 2 is 1.76 bits per heavy atom. The third kappa shape index (κ3) is 3.42. The first-order valence-electron chi connectivity index (χ1n) is 5.44. The maximum absolute atomic E-state index is 5.95. The molecule has 0 aliphatic rings. The SMILES string of the molecule is CCc1cc(Cl)nc(Cc2ccc(Cl)cc2)n1. The minimum Gasteiger partial charge on any atom is -0.237 e. The van der Waals surface area contributed by atoms with E-state index >= 15 is 0 Å². The van der Waals surface area contributed by atoms with Crippen LogP contribution in [0.25, 0.3) is 0 Å². The van der Waals surface area contributed by atoms with Crippen LogP contribution in [0.4, 0.5) is 0 Å². The summed E-state index contributed by atoms with van der Waals surface area (Å²) in [5.41, 5.74) is 2.09. The number of hydrogen-bond acceptors (Lipinski definition) is 2. The normalized spacial score (nSPS) is 10.5. The van der Waals surface area contributed by atoms with Crippen LogP contribution in [0.3, 0.4) is 0 Å². The molecule has 0 radical (unpaired) electrons. The van der Waals surface area contributed by atoms with Crippen molar-refractivity contribution in [3.8, 4) is 0 Å². The van der Waals surface area contributed by atoms with Gasteiger partial charge in [-0.1, -0.05) is 42.3 Å². The van der Waals surface area contributed by atoms with E-state index in [2.05, 4.69) is 9.97 Å². The van der Waals surface area contributed by atoms with Crippen molar-refractivity contribution in [2.45, 2.75) is 19.8 Å². The number of aryl methyl sites for hydroxylation is 1. The smallest absolute Gasteiger partial charge is 0.134 e. The molecule has 2 nitrogen and oxygen atoms in total. The van der Waals surface area contributed by atoms with Gasteiger partial charge in [-0.25, -0.2) is 9.97 Å². The summed E-state index contributed by atoms with van der Waals surface area (Å²) in [5.74, 6) is 0.747. The van der Waals surface area contributed by atoms with Crippen LogP contribution in [-0.4, -0.2) is 9.97 Å². The molecule has 88 valence electrons. The van der Waals surface area contributed by atoms with Gasteiger partial charge in [-0.3, -0.25) is 0 Å². The minimum atomic E-state index is 0.501. The summed E-state index contributed by atoms with van der Waals surface area (Å²) in [6, 6.07) is 9.47. The van der Waals surface area contributed by atoms with Crippen molar-refractivity contribution in [3.05, 3.63) is 57.6 Å². The molecular formula is C13H12Cl2N2. The number of nitrogens with zero attached hydrogens (tertiary/aromatic N) is 2. The Hall–Kier alpha value is -1.12. The van der Waals surface area contributed by atoms with Gasteiger partial charge in [0.1, 0.15) is 11.0 Å². The lowest BCUT2D eigenvalue weighted by Crippen LogP contribution is -2.00. The lowest BCUT2D eigenvalue weighted by molar-refractivity contribution is 0.906. The quantitative estimate of drug-likeness (QED) is 0.787. The number of halogens is 2. The van der Waals surface area contributed by atoms with Crippen molar-refractivity contribution in [2.24, 2.45) is 0 Å². The zero-order valence-corrected chi connectivity index (χ0v) is 11.0. The van der Waals surface area contributed by atoms with Crippen molar-refractivity contribution >= 4 is 23.2 Å². The zero-order valence-electron chi connectivity index (χ0n) is 9.45. The number of aromatic nitrogens is 2. The molecule has 2 rings (SSSR count). The first-order valence-corrected chi connectivity index (χ1v) is 6.19. The average molecular weight is 267 g/mol. The molecule has 4 heteroatoms. The van der Waals surface area contributed by atoms with Crippen molar-refractivity contribution in [1.82, 2.24) is 9.97 Å². The molecule has 0 saturated carbocycles. The standard InChI is InChI=1S/C13H12Cl2N2/c1-2-11-8-12(15)17-13(16-11)7-9-3-5-10(14)6-4-9/h3-6,8H,2,7H2,1H3. The predicted molar refractivity (Wildman–Crippen MR) is 70.7 cm³/mol. The van der Waals surface area contributed by atoms with E-state index < -0.39 is 0 Å². The van der Waals surface area contributed by atoms with E-state index in [1.54, 1.807) is 6.07 Å². The van der Waals surface area contributed by atoms with Crippen molar-refractivity contribution in [2.75, 3.05) is 0 Å². The topological polar surface area (TPSA) is 25.8 Å². The van der Waals surface area contributed by atoms with E-state index in [0.29, 0.717) is 11.6 Å². The molecule has 1 aromatic carbocycles. The van der Waals surface area contributed by atoms with Crippen LogP contribution in [0.15, 0.2) is 30.3 Å². The summed E-state index contributed by atoms with van der Waals surface area (Å²) < 4.78 is 0. The molecule has 0 spiro atoms. The Bertz CT molecular complexity index is 509.